The maximum absolute atomic E-state index is 12.8. The number of halogens is 2. The van der Waals surface area contributed by atoms with Gasteiger partial charge in [-0.05, 0) is 49.9 Å². The second-order valence-corrected chi connectivity index (χ2v) is 7.35. The van der Waals surface area contributed by atoms with Crippen LogP contribution in [0, 0.1) is 11.3 Å². The quantitative estimate of drug-likeness (QED) is 0.924. The molecule has 4 heteroatoms. The van der Waals surface area contributed by atoms with E-state index in [2.05, 4.69) is 11.4 Å². The van der Waals surface area contributed by atoms with E-state index >= 15 is 0 Å². The van der Waals surface area contributed by atoms with E-state index in [0.29, 0.717) is 21.7 Å². The van der Waals surface area contributed by atoms with Crippen LogP contribution in [0.15, 0.2) is 18.2 Å². The zero-order valence-corrected chi connectivity index (χ0v) is 12.7. The Morgan fingerprint density at radius 3 is 2.75 bits per heavy atom. The molecule has 1 aromatic carbocycles. The van der Waals surface area contributed by atoms with Crippen molar-refractivity contribution in [3.63, 3.8) is 0 Å². The standard InChI is InChI=1S/C16H17Cl2NO/c17-12-4-3-11(7-13(12)18)15-5-6-19-9-16(15,8-15)14(20)10-1-2-10/h3-4,7,10,19H,1-2,5-6,8-9H2. The van der Waals surface area contributed by atoms with Crippen LogP contribution in [0.4, 0.5) is 0 Å². The summed E-state index contributed by atoms with van der Waals surface area (Å²) in [7, 11) is 0. The van der Waals surface area contributed by atoms with Gasteiger partial charge in [0.25, 0.3) is 0 Å². The van der Waals surface area contributed by atoms with Gasteiger partial charge in [-0.25, -0.2) is 0 Å². The first-order chi connectivity index (χ1) is 9.59. The molecule has 2 unspecified atom stereocenters. The number of carbonyl (C=O) groups excluding carboxylic acids is 1. The molecule has 0 radical (unpaired) electrons. The topological polar surface area (TPSA) is 29.1 Å². The molecular formula is C16H17Cl2NO. The number of Topliss-reactive ketones (excluding diaryl/α,β-unsaturated/α-hetero) is 1. The lowest BCUT2D eigenvalue weighted by Crippen LogP contribution is -2.43. The fraction of sp³-hybridized carbons (Fsp3) is 0.562. The summed E-state index contributed by atoms with van der Waals surface area (Å²) in [5, 5.41) is 4.60. The molecule has 106 valence electrons. The van der Waals surface area contributed by atoms with E-state index < -0.39 is 0 Å². The normalized spacial score (nSPS) is 35.5. The lowest BCUT2D eigenvalue weighted by molar-refractivity contribution is -0.126. The van der Waals surface area contributed by atoms with E-state index in [1.807, 2.05) is 12.1 Å². The highest BCUT2D eigenvalue weighted by Gasteiger charge is 2.73. The van der Waals surface area contributed by atoms with Gasteiger partial charge < -0.3 is 5.32 Å². The Kier molecular flexibility index (Phi) is 2.77. The summed E-state index contributed by atoms with van der Waals surface area (Å²) in [6.45, 7) is 1.79. The second-order valence-electron chi connectivity index (χ2n) is 6.54. The summed E-state index contributed by atoms with van der Waals surface area (Å²) in [6, 6.07) is 5.89. The van der Waals surface area contributed by atoms with Crippen LogP contribution >= 0.6 is 23.2 Å². The van der Waals surface area contributed by atoms with Crippen LogP contribution in [0.1, 0.15) is 31.2 Å². The maximum atomic E-state index is 12.8. The molecule has 0 spiro atoms. The number of hydrogen-bond acceptors (Lipinski definition) is 2. The van der Waals surface area contributed by atoms with Gasteiger partial charge in [0.1, 0.15) is 5.78 Å². The third-order valence-electron chi connectivity index (χ3n) is 5.44. The minimum absolute atomic E-state index is 0.00610. The number of rotatable bonds is 3. The molecule has 2 nitrogen and oxygen atoms in total. The highest BCUT2D eigenvalue weighted by atomic mass is 35.5. The van der Waals surface area contributed by atoms with Gasteiger partial charge in [0.15, 0.2) is 0 Å². The molecule has 1 N–H and O–H groups in total. The van der Waals surface area contributed by atoms with Crippen molar-refractivity contribution in [2.24, 2.45) is 11.3 Å². The summed E-state index contributed by atoms with van der Waals surface area (Å²) in [5.74, 6) is 0.801. The van der Waals surface area contributed by atoms with Crippen molar-refractivity contribution in [2.75, 3.05) is 13.1 Å². The van der Waals surface area contributed by atoms with Crippen molar-refractivity contribution < 1.29 is 4.79 Å². The fourth-order valence-corrected chi connectivity index (χ4v) is 4.39. The SMILES string of the molecule is O=C(C1CC1)C12CNCCC1(c1ccc(Cl)c(Cl)c1)C2. The molecule has 1 aliphatic heterocycles. The molecule has 2 aliphatic carbocycles. The van der Waals surface area contributed by atoms with Gasteiger partial charge in [-0.1, -0.05) is 29.3 Å². The van der Waals surface area contributed by atoms with E-state index in [9.17, 15) is 4.79 Å². The zero-order valence-electron chi connectivity index (χ0n) is 11.2. The average molecular weight is 310 g/mol. The Morgan fingerprint density at radius 1 is 1.25 bits per heavy atom. The van der Waals surface area contributed by atoms with Gasteiger partial charge in [-0.3, -0.25) is 4.79 Å². The number of carbonyl (C=O) groups is 1. The Morgan fingerprint density at radius 2 is 2.05 bits per heavy atom. The van der Waals surface area contributed by atoms with Gasteiger partial charge >= 0.3 is 0 Å². The van der Waals surface area contributed by atoms with Crippen LogP contribution in [0.5, 0.6) is 0 Å². The monoisotopic (exact) mass is 309 g/mol. The molecule has 20 heavy (non-hydrogen) atoms. The molecule has 3 fully saturated rings. The van der Waals surface area contributed by atoms with Gasteiger partial charge in [0.05, 0.1) is 15.5 Å². The van der Waals surface area contributed by atoms with E-state index in [1.165, 1.54) is 5.56 Å². The predicted octanol–water partition coefficient (Wildman–Crippen LogP) is 3.59. The third kappa shape index (κ3) is 1.65. The number of nitrogens with one attached hydrogen (secondary N) is 1. The lowest BCUT2D eigenvalue weighted by Gasteiger charge is -2.31. The minimum atomic E-state index is -0.177. The summed E-state index contributed by atoms with van der Waals surface area (Å²) < 4.78 is 0. The smallest absolute Gasteiger partial charge is 0.144 e. The van der Waals surface area contributed by atoms with Gasteiger partial charge in [-0.15, -0.1) is 0 Å². The van der Waals surface area contributed by atoms with Crippen molar-refractivity contribution in [1.29, 1.82) is 0 Å². The molecule has 3 aliphatic rings. The molecular weight excluding hydrogens is 293 g/mol. The molecule has 0 aromatic heterocycles. The zero-order chi connectivity index (χ0) is 14.0. The van der Waals surface area contributed by atoms with Crippen LogP contribution in [-0.4, -0.2) is 18.9 Å². The van der Waals surface area contributed by atoms with Gasteiger partial charge in [0.2, 0.25) is 0 Å². The van der Waals surface area contributed by atoms with E-state index in [0.717, 1.165) is 38.8 Å². The molecule has 1 aromatic rings. The van der Waals surface area contributed by atoms with E-state index in [-0.39, 0.29) is 10.8 Å². The number of ketones is 1. The van der Waals surface area contributed by atoms with Crippen molar-refractivity contribution in [3.05, 3.63) is 33.8 Å². The van der Waals surface area contributed by atoms with Crippen LogP contribution in [0.25, 0.3) is 0 Å². The summed E-state index contributed by atoms with van der Waals surface area (Å²) >= 11 is 12.2. The van der Waals surface area contributed by atoms with Crippen molar-refractivity contribution in [1.82, 2.24) is 5.32 Å². The second kappa shape index (κ2) is 4.22. The van der Waals surface area contributed by atoms with E-state index in [1.54, 1.807) is 0 Å². The van der Waals surface area contributed by atoms with Crippen LogP contribution in [-0.2, 0) is 10.2 Å². The molecule has 4 rings (SSSR count). The number of hydrogen-bond donors (Lipinski definition) is 1. The number of benzene rings is 1. The highest BCUT2D eigenvalue weighted by molar-refractivity contribution is 6.42. The molecule has 0 amide bonds. The molecule has 2 saturated carbocycles. The first-order valence-electron chi connectivity index (χ1n) is 7.30. The largest absolute Gasteiger partial charge is 0.316 e. The highest BCUT2D eigenvalue weighted by Crippen LogP contribution is 2.70. The lowest BCUT2D eigenvalue weighted by atomic mass is 9.78. The fourth-order valence-electron chi connectivity index (χ4n) is 4.10. The van der Waals surface area contributed by atoms with Gasteiger partial charge in [0, 0.05) is 17.9 Å². The summed E-state index contributed by atoms with van der Waals surface area (Å²) in [6.07, 6.45) is 4.15. The Labute approximate surface area is 128 Å². The summed E-state index contributed by atoms with van der Waals surface area (Å²) in [4.78, 5) is 12.8. The average Bonchev–Trinajstić information content (AvgIpc) is 3.34. The minimum Gasteiger partial charge on any atom is -0.316 e. The maximum Gasteiger partial charge on any atom is 0.144 e. The van der Waals surface area contributed by atoms with Crippen LogP contribution < -0.4 is 5.32 Å². The van der Waals surface area contributed by atoms with Crippen molar-refractivity contribution in [2.45, 2.75) is 31.1 Å². The van der Waals surface area contributed by atoms with Crippen LogP contribution in [0.3, 0.4) is 0 Å². The molecule has 1 heterocycles. The third-order valence-corrected chi connectivity index (χ3v) is 6.18. The first-order valence-corrected chi connectivity index (χ1v) is 8.05. The molecule has 1 saturated heterocycles. The van der Waals surface area contributed by atoms with Gasteiger partial charge in [-0.2, -0.15) is 0 Å². The molecule has 2 atom stereocenters. The Balaban J connectivity index is 1.75. The van der Waals surface area contributed by atoms with Crippen molar-refractivity contribution >= 4 is 29.0 Å². The van der Waals surface area contributed by atoms with Crippen LogP contribution in [0.2, 0.25) is 10.0 Å². The molecule has 0 bridgehead atoms. The van der Waals surface area contributed by atoms with E-state index in [4.69, 9.17) is 23.2 Å². The Bertz CT molecular complexity index is 598. The number of fused-ring (bicyclic) bond motifs is 1. The number of piperidine rings is 1. The first kappa shape index (κ1) is 13.1. The predicted molar refractivity (Wildman–Crippen MR) is 80.4 cm³/mol. The van der Waals surface area contributed by atoms with Crippen molar-refractivity contribution in [3.8, 4) is 0 Å². The Hall–Kier alpha value is -0.570. The summed E-state index contributed by atoms with van der Waals surface area (Å²) in [5.41, 5.74) is 1.03.